The van der Waals surface area contributed by atoms with Crippen LogP contribution in [0.3, 0.4) is 0 Å². The van der Waals surface area contributed by atoms with E-state index in [1.807, 2.05) is 12.1 Å². The highest BCUT2D eigenvalue weighted by Crippen LogP contribution is 2.35. The van der Waals surface area contributed by atoms with E-state index >= 15 is 0 Å². The Morgan fingerprint density at radius 2 is 1.92 bits per heavy atom. The van der Waals surface area contributed by atoms with Crippen molar-refractivity contribution in [3.05, 3.63) is 36.2 Å². The Morgan fingerprint density at radius 3 is 2.84 bits per heavy atom. The van der Waals surface area contributed by atoms with Crippen LogP contribution in [0.25, 0.3) is 0 Å². The Labute approximate surface area is 146 Å². The molecular formula is C18H22N4O3. The molecule has 7 heteroatoms. The first-order valence-corrected chi connectivity index (χ1v) is 8.69. The van der Waals surface area contributed by atoms with Gasteiger partial charge in [0.15, 0.2) is 17.3 Å². The van der Waals surface area contributed by atoms with Gasteiger partial charge >= 0.3 is 0 Å². The van der Waals surface area contributed by atoms with Crippen LogP contribution in [0.1, 0.15) is 5.56 Å². The van der Waals surface area contributed by atoms with Crippen molar-refractivity contribution in [3.8, 4) is 17.4 Å². The summed E-state index contributed by atoms with van der Waals surface area (Å²) in [4.78, 5) is 11.0. The highest BCUT2D eigenvalue weighted by atomic mass is 16.5. The number of aromatic nitrogens is 2. The lowest BCUT2D eigenvalue weighted by atomic mass is 10.1. The second kappa shape index (κ2) is 7.57. The summed E-state index contributed by atoms with van der Waals surface area (Å²) in [5.41, 5.74) is 1.20. The third-order valence-corrected chi connectivity index (χ3v) is 4.32. The van der Waals surface area contributed by atoms with Gasteiger partial charge in [-0.2, -0.15) is 0 Å². The monoisotopic (exact) mass is 342 g/mol. The Morgan fingerprint density at radius 1 is 1.08 bits per heavy atom. The number of rotatable bonds is 6. The van der Waals surface area contributed by atoms with Gasteiger partial charge in [0.2, 0.25) is 0 Å². The van der Waals surface area contributed by atoms with Gasteiger partial charge in [-0.05, 0) is 6.07 Å². The van der Waals surface area contributed by atoms with Crippen LogP contribution in [0.4, 0.5) is 5.82 Å². The summed E-state index contributed by atoms with van der Waals surface area (Å²) in [5, 5.41) is 3.33. The molecule has 2 aliphatic rings. The third-order valence-electron chi connectivity index (χ3n) is 4.32. The summed E-state index contributed by atoms with van der Waals surface area (Å²) < 4.78 is 17.3. The lowest BCUT2D eigenvalue weighted by molar-refractivity contribution is 0.205. The second-order valence-corrected chi connectivity index (χ2v) is 5.96. The lowest BCUT2D eigenvalue weighted by Crippen LogP contribution is -2.44. The van der Waals surface area contributed by atoms with E-state index in [-0.39, 0.29) is 0 Å². The van der Waals surface area contributed by atoms with Gasteiger partial charge in [0.1, 0.15) is 13.2 Å². The standard InChI is InChI=1S/C18H22N4O3/c1-2-14-4-11-24-16(14)15(3-1)23-12-13-25-18-17(20-5-6-21-18)22-9-7-19-8-10-22/h1-3,5-6,19H,4,7-13H2. The van der Waals surface area contributed by atoms with Gasteiger partial charge in [0.25, 0.3) is 5.88 Å². The Bertz CT molecular complexity index is 719. The highest BCUT2D eigenvalue weighted by molar-refractivity contribution is 5.49. The molecule has 0 aliphatic carbocycles. The van der Waals surface area contributed by atoms with Gasteiger partial charge in [-0.3, -0.25) is 0 Å². The molecule has 7 nitrogen and oxygen atoms in total. The number of anilines is 1. The SMILES string of the molecule is c1cc2c(c(OCCOc3nccnc3N3CCNCC3)c1)OCC2. The molecule has 2 aromatic rings. The molecule has 0 radical (unpaired) electrons. The van der Waals surface area contributed by atoms with Gasteiger partial charge in [0, 0.05) is 50.6 Å². The normalized spacial score (nSPS) is 16.2. The minimum atomic E-state index is 0.404. The minimum Gasteiger partial charge on any atom is -0.489 e. The summed E-state index contributed by atoms with van der Waals surface area (Å²) in [7, 11) is 0. The molecule has 0 atom stereocenters. The van der Waals surface area contributed by atoms with Crippen LogP contribution in [0.5, 0.6) is 17.4 Å². The number of hydrogen-bond acceptors (Lipinski definition) is 7. The van der Waals surface area contributed by atoms with Crippen molar-refractivity contribution < 1.29 is 14.2 Å². The number of para-hydroxylation sites is 1. The molecular weight excluding hydrogens is 320 g/mol. The molecule has 0 bridgehead atoms. The molecule has 132 valence electrons. The molecule has 4 rings (SSSR count). The molecule has 1 fully saturated rings. The maximum atomic E-state index is 5.83. The average molecular weight is 342 g/mol. The van der Waals surface area contributed by atoms with E-state index in [4.69, 9.17) is 14.2 Å². The first-order valence-electron chi connectivity index (χ1n) is 8.69. The fourth-order valence-electron chi connectivity index (χ4n) is 3.10. The van der Waals surface area contributed by atoms with Crippen LogP contribution < -0.4 is 24.4 Å². The van der Waals surface area contributed by atoms with Crippen LogP contribution in [-0.2, 0) is 6.42 Å². The Hall–Kier alpha value is -2.54. The molecule has 1 aromatic carbocycles. The number of piperazine rings is 1. The zero-order chi connectivity index (χ0) is 16.9. The van der Waals surface area contributed by atoms with Crippen LogP contribution in [0, 0.1) is 0 Å². The summed E-state index contributed by atoms with van der Waals surface area (Å²) in [6, 6.07) is 6.00. The first kappa shape index (κ1) is 16.0. The smallest absolute Gasteiger partial charge is 0.257 e. The number of nitrogens with one attached hydrogen (secondary N) is 1. The highest BCUT2D eigenvalue weighted by Gasteiger charge is 2.18. The fraction of sp³-hybridized carbons (Fsp3) is 0.444. The predicted molar refractivity (Wildman–Crippen MR) is 93.7 cm³/mol. The summed E-state index contributed by atoms with van der Waals surface area (Å²) in [6.07, 6.45) is 4.29. The van der Waals surface area contributed by atoms with Crippen molar-refractivity contribution in [2.45, 2.75) is 6.42 Å². The van der Waals surface area contributed by atoms with E-state index in [1.165, 1.54) is 5.56 Å². The number of ether oxygens (including phenoxy) is 3. The van der Waals surface area contributed by atoms with Crippen molar-refractivity contribution in [1.29, 1.82) is 0 Å². The Balaban J connectivity index is 1.34. The summed E-state index contributed by atoms with van der Waals surface area (Å²) in [5.74, 6) is 3.00. The van der Waals surface area contributed by atoms with Gasteiger partial charge in [-0.15, -0.1) is 0 Å². The molecule has 0 saturated carbocycles. The zero-order valence-corrected chi connectivity index (χ0v) is 14.1. The molecule has 1 aromatic heterocycles. The number of nitrogens with zero attached hydrogens (tertiary/aromatic N) is 3. The average Bonchev–Trinajstić information content (AvgIpc) is 3.16. The largest absolute Gasteiger partial charge is 0.489 e. The molecule has 25 heavy (non-hydrogen) atoms. The van der Waals surface area contributed by atoms with Crippen molar-refractivity contribution in [3.63, 3.8) is 0 Å². The molecule has 0 unspecified atom stereocenters. The molecule has 1 N–H and O–H groups in total. The number of fused-ring (bicyclic) bond motifs is 1. The van der Waals surface area contributed by atoms with Gasteiger partial charge in [-0.1, -0.05) is 12.1 Å². The second-order valence-electron chi connectivity index (χ2n) is 5.96. The predicted octanol–water partition coefficient (Wildman–Crippen LogP) is 1.28. The lowest BCUT2D eigenvalue weighted by Gasteiger charge is -2.28. The van der Waals surface area contributed by atoms with Crippen LogP contribution in [0.2, 0.25) is 0 Å². The minimum absolute atomic E-state index is 0.404. The summed E-state index contributed by atoms with van der Waals surface area (Å²) in [6.45, 7) is 5.24. The van der Waals surface area contributed by atoms with Gasteiger partial charge in [0.05, 0.1) is 6.61 Å². The van der Waals surface area contributed by atoms with E-state index in [9.17, 15) is 0 Å². The topological polar surface area (TPSA) is 68.7 Å². The molecule has 0 amide bonds. The maximum Gasteiger partial charge on any atom is 0.257 e. The van der Waals surface area contributed by atoms with E-state index < -0.39 is 0 Å². The van der Waals surface area contributed by atoms with E-state index in [0.29, 0.717) is 19.1 Å². The molecule has 3 heterocycles. The van der Waals surface area contributed by atoms with Gasteiger partial charge < -0.3 is 24.4 Å². The first-order chi connectivity index (χ1) is 12.4. The fourth-order valence-corrected chi connectivity index (χ4v) is 3.10. The number of benzene rings is 1. The van der Waals surface area contributed by atoms with Crippen LogP contribution in [-0.4, -0.2) is 56.0 Å². The van der Waals surface area contributed by atoms with Crippen LogP contribution in [0.15, 0.2) is 30.6 Å². The van der Waals surface area contributed by atoms with Crippen molar-refractivity contribution in [2.75, 3.05) is 50.9 Å². The quantitative estimate of drug-likeness (QED) is 0.793. The Kier molecular flexibility index (Phi) is 4.83. The molecule has 2 aliphatic heterocycles. The maximum absolute atomic E-state index is 5.83. The van der Waals surface area contributed by atoms with Crippen LogP contribution >= 0.6 is 0 Å². The molecule has 0 spiro atoms. The zero-order valence-electron chi connectivity index (χ0n) is 14.1. The number of hydrogen-bond donors (Lipinski definition) is 1. The van der Waals surface area contributed by atoms with E-state index in [0.717, 1.165) is 56.5 Å². The van der Waals surface area contributed by atoms with E-state index in [2.05, 4.69) is 26.3 Å². The van der Waals surface area contributed by atoms with E-state index in [1.54, 1.807) is 12.4 Å². The molecule has 1 saturated heterocycles. The third kappa shape index (κ3) is 3.61. The van der Waals surface area contributed by atoms with Crippen molar-refractivity contribution in [2.24, 2.45) is 0 Å². The van der Waals surface area contributed by atoms with Crippen molar-refractivity contribution >= 4 is 5.82 Å². The van der Waals surface area contributed by atoms with Crippen molar-refractivity contribution in [1.82, 2.24) is 15.3 Å². The summed E-state index contributed by atoms with van der Waals surface area (Å²) >= 11 is 0. The van der Waals surface area contributed by atoms with Gasteiger partial charge in [-0.25, -0.2) is 9.97 Å².